The number of nitrogens with one attached hydrogen (secondary N) is 1. The van der Waals surface area contributed by atoms with Crippen molar-refractivity contribution in [3.05, 3.63) is 74.5 Å². The summed E-state index contributed by atoms with van der Waals surface area (Å²) in [6.07, 6.45) is 1.35. The zero-order valence-corrected chi connectivity index (χ0v) is 12.9. The van der Waals surface area contributed by atoms with Crippen LogP contribution in [-0.4, -0.2) is 20.8 Å². The average Bonchev–Trinajstić information content (AvgIpc) is 2.61. The van der Waals surface area contributed by atoms with Crippen molar-refractivity contribution in [1.82, 2.24) is 4.98 Å². The maximum Gasteiger partial charge on any atom is 0.301 e. The molecule has 0 unspecified atom stereocenters. The Kier molecular flexibility index (Phi) is 4.15. The highest BCUT2D eigenvalue weighted by Gasteiger charge is 2.26. The van der Waals surface area contributed by atoms with Gasteiger partial charge in [0.15, 0.2) is 0 Å². The van der Waals surface area contributed by atoms with Crippen molar-refractivity contribution in [2.75, 3.05) is 5.32 Å². The lowest BCUT2D eigenvalue weighted by Gasteiger charge is -2.11. The first-order valence-electron chi connectivity index (χ1n) is 7.17. The molecule has 0 aliphatic carbocycles. The van der Waals surface area contributed by atoms with Crippen molar-refractivity contribution in [2.24, 2.45) is 0 Å². The van der Waals surface area contributed by atoms with Gasteiger partial charge in [-0.2, -0.15) is 0 Å². The van der Waals surface area contributed by atoms with Crippen molar-refractivity contribution in [1.29, 1.82) is 0 Å². The number of carbonyl (C=O) groups excluding carboxylic acids is 1. The van der Waals surface area contributed by atoms with E-state index in [1.165, 1.54) is 42.6 Å². The summed E-state index contributed by atoms with van der Waals surface area (Å²) in [7, 11) is 0. The zero-order chi connectivity index (χ0) is 18.8. The number of benzene rings is 2. The molecule has 10 heteroatoms. The van der Waals surface area contributed by atoms with E-state index >= 15 is 0 Å². The second kappa shape index (κ2) is 6.43. The number of nitrogens with zero attached hydrogens (tertiary/aromatic N) is 3. The summed E-state index contributed by atoms with van der Waals surface area (Å²) in [5, 5.41) is 36.5. The fraction of sp³-hybridized carbons (Fsp3) is 0. The van der Waals surface area contributed by atoms with Crippen LogP contribution in [0.15, 0.2) is 48.7 Å². The third-order valence-electron chi connectivity index (χ3n) is 3.61. The van der Waals surface area contributed by atoms with Gasteiger partial charge in [0.25, 0.3) is 5.69 Å². The van der Waals surface area contributed by atoms with Gasteiger partial charge in [0.05, 0.1) is 27.3 Å². The molecule has 0 spiro atoms. The van der Waals surface area contributed by atoms with Crippen LogP contribution >= 0.6 is 0 Å². The molecule has 0 fully saturated rings. The normalized spacial score (nSPS) is 10.5. The number of fused-ring (bicyclic) bond motifs is 1. The Morgan fingerprint density at radius 3 is 2.38 bits per heavy atom. The van der Waals surface area contributed by atoms with Crippen molar-refractivity contribution in [3.63, 3.8) is 0 Å². The van der Waals surface area contributed by atoms with Crippen molar-refractivity contribution < 1.29 is 19.7 Å². The van der Waals surface area contributed by atoms with Crippen LogP contribution in [-0.2, 0) is 0 Å². The van der Waals surface area contributed by atoms with E-state index in [1.54, 1.807) is 0 Å². The lowest BCUT2D eigenvalue weighted by atomic mass is 10.1. The maximum absolute atomic E-state index is 11.4. The molecule has 130 valence electrons. The first-order valence-corrected chi connectivity index (χ1v) is 7.17. The fourth-order valence-electron chi connectivity index (χ4n) is 2.50. The molecule has 1 N–H and O–H groups in total. The lowest BCUT2D eigenvalue weighted by Crippen LogP contribution is -2.22. The Balaban J connectivity index is 2.25. The molecule has 0 aliphatic heterocycles. The Bertz CT molecular complexity index is 1070. The van der Waals surface area contributed by atoms with Gasteiger partial charge in [0.2, 0.25) is 0 Å². The zero-order valence-electron chi connectivity index (χ0n) is 12.9. The monoisotopic (exact) mass is 353 g/mol. The molecule has 2 aromatic carbocycles. The van der Waals surface area contributed by atoms with Gasteiger partial charge in [-0.25, -0.2) is 0 Å². The van der Waals surface area contributed by atoms with Crippen LogP contribution in [0.4, 0.5) is 22.7 Å². The maximum atomic E-state index is 11.4. The number of non-ortho nitro benzene ring substituents is 1. The number of carbonyl (C=O) groups is 1. The second-order valence-corrected chi connectivity index (χ2v) is 5.20. The SMILES string of the molecule is O=C([O-])c1cccc(Nc2c([N+](=O)[O-])cc([N+](=O)[O-])c3cccnc23)c1. The molecule has 0 bridgehead atoms. The molecule has 3 aromatic rings. The first kappa shape index (κ1) is 16.8. The van der Waals surface area contributed by atoms with Crippen molar-refractivity contribution in [2.45, 2.75) is 0 Å². The molecule has 1 heterocycles. The molecule has 26 heavy (non-hydrogen) atoms. The number of aromatic nitrogens is 1. The van der Waals surface area contributed by atoms with E-state index < -0.39 is 27.2 Å². The number of rotatable bonds is 5. The fourth-order valence-corrected chi connectivity index (χ4v) is 2.50. The van der Waals surface area contributed by atoms with Crippen molar-refractivity contribution in [3.8, 4) is 0 Å². The number of nitro benzene ring substituents is 2. The number of pyridine rings is 1. The molecule has 0 saturated carbocycles. The van der Waals surface area contributed by atoms with Crippen LogP contribution in [0.3, 0.4) is 0 Å². The van der Waals surface area contributed by atoms with Crippen LogP contribution in [0.1, 0.15) is 10.4 Å². The molecule has 0 amide bonds. The first-order chi connectivity index (χ1) is 12.4. The molecule has 0 radical (unpaired) electrons. The van der Waals surface area contributed by atoms with Gasteiger partial charge >= 0.3 is 5.69 Å². The topological polar surface area (TPSA) is 151 Å². The summed E-state index contributed by atoms with van der Waals surface area (Å²) in [6, 6.07) is 9.20. The predicted octanol–water partition coefficient (Wildman–Crippen LogP) is 2.16. The van der Waals surface area contributed by atoms with Gasteiger partial charge in [-0.15, -0.1) is 0 Å². The van der Waals surface area contributed by atoms with E-state index in [-0.39, 0.29) is 27.8 Å². The summed E-state index contributed by atoms with van der Waals surface area (Å²) in [4.78, 5) is 36.2. The molecule has 10 nitrogen and oxygen atoms in total. The average molecular weight is 353 g/mol. The highest BCUT2D eigenvalue weighted by atomic mass is 16.6. The molecule has 0 aliphatic rings. The minimum absolute atomic E-state index is 0.0206. The third kappa shape index (κ3) is 2.98. The second-order valence-electron chi connectivity index (χ2n) is 5.20. The van der Waals surface area contributed by atoms with E-state index in [2.05, 4.69) is 10.3 Å². The summed E-state index contributed by atoms with van der Waals surface area (Å²) in [5.74, 6) is -1.41. The number of hydrogen-bond acceptors (Lipinski definition) is 8. The molecule has 3 rings (SSSR count). The number of carboxylic acid groups (broad SMARTS) is 1. The highest BCUT2D eigenvalue weighted by molar-refractivity contribution is 6.02. The smallest absolute Gasteiger partial charge is 0.301 e. The van der Waals surface area contributed by atoms with E-state index in [4.69, 9.17) is 0 Å². The van der Waals surface area contributed by atoms with Crippen LogP contribution in [0.5, 0.6) is 0 Å². The predicted molar refractivity (Wildman–Crippen MR) is 89.1 cm³/mol. The van der Waals surface area contributed by atoms with Gasteiger partial charge in [-0.1, -0.05) is 12.1 Å². The van der Waals surface area contributed by atoms with E-state index in [1.807, 2.05) is 0 Å². The summed E-state index contributed by atoms with van der Waals surface area (Å²) in [5.41, 5.74) is -0.957. The molecular weight excluding hydrogens is 344 g/mol. The van der Waals surface area contributed by atoms with E-state index in [9.17, 15) is 30.1 Å². The van der Waals surface area contributed by atoms with Crippen molar-refractivity contribution >= 4 is 39.6 Å². The summed E-state index contributed by atoms with van der Waals surface area (Å²) >= 11 is 0. The number of nitro groups is 2. The summed E-state index contributed by atoms with van der Waals surface area (Å²) < 4.78 is 0. The lowest BCUT2D eigenvalue weighted by molar-refractivity contribution is -0.392. The minimum Gasteiger partial charge on any atom is -0.545 e. The summed E-state index contributed by atoms with van der Waals surface area (Å²) in [6.45, 7) is 0. The van der Waals surface area contributed by atoms with Gasteiger partial charge in [-0.3, -0.25) is 25.2 Å². The van der Waals surface area contributed by atoms with Crippen LogP contribution < -0.4 is 10.4 Å². The van der Waals surface area contributed by atoms with Gasteiger partial charge in [-0.05, 0) is 29.8 Å². The van der Waals surface area contributed by atoms with E-state index in [0.29, 0.717) is 0 Å². The quantitative estimate of drug-likeness (QED) is 0.541. The Morgan fingerprint density at radius 1 is 1.00 bits per heavy atom. The standard InChI is InChI=1S/C16H10N4O6/c21-16(22)9-3-1-4-10(7-9)18-15-13(20(25)26)8-12(19(23)24)11-5-2-6-17-14(11)15/h1-8,18H,(H,21,22)/p-1. The Morgan fingerprint density at radius 2 is 1.73 bits per heavy atom. The van der Waals surface area contributed by atoms with E-state index in [0.717, 1.165) is 6.07 Å². The molecule has 1 aromatic heterocycles. The minimum atomic E-state index is -1.41. The van der Waals surface area contributed by atoms with Crippen LogP contribution in [0.2, 0.25) is 0 Å². The number of aromatic carboxylic acids is 1. The number of carboxylic acids is 1. The Labute approximate surface area is 145 Å². The largest absolute Gasteiger partial charge is 0.545 e. The molecular formula is C16H9N4O6-. The highest BCUT2D eigenvalue weighted by Crippen LogP contribution is 2.39. The van der Waals surface area contributed by atoms with Gasteiger partial charge in [0.1, 0.15) is 11.2 Å². The van der Waals surface area contributed by atoms with Crippen LogP contribution in [0, 0.1) is 20.2 Å². The third-order valence-corrected chi connectivity index (χ3v) is 3.61. The Hall–Kier alpha value is -4.08. The van der Waals surface area contributed by atoms with Gasteiger partial charge < -0.3 is 15.2 Å². The number of anilines is 2. The number of hydrogen-bond donors (Lipinski definition) is 1. The van der Waals surface area contributed by atoms with Gasteiger partial charge in [0, 0.05) is 11.9 Å². The van der Waals surface area contributed by atoms with Crippen LogP contribution in [0.25, 0.3) is 10.9 Å². The molecule has 0 saturated heterocycles. The molecule has 0 atom stereocenters.